The predicted octanol–water partition coefficient (Wildman–Crippen LogP) is 4.77. The fourth-order valence-corrected chi connectivity index (χ4v) is 2.80. The van der Waals surface area contributed by atoms with Crippen molar-refractivity contribution in [1.29, 1.82) is 0 Å². The molecule has 0 aliphatic heterocycles. The van der Waals surface area contributed by atoms with Crippen LogP contribution in [0.15, 0.2) is 0 Å². The van der Waals surface area contributed by atoms with Gasteiger partial charge < -0.3 is 4.90 Å². The van der Waals surface area contributed by atoms with Crippen molar-refractivity contribution in [1.82, 2.24) is 4.90 Å². The second-order valence-electron chi connectivity index (χ2n) is 5.42. The summed E-state index contributed by atoms with van der Waals surface area (Å²) in [4.78, 5) is 14.6. The number of hydrogen-bond donors (Lipinski definition) is 0. The summed E-state index contributed by atoms with van der Waals surface area (Å²) in [5.41, 5.74) is 0. The van der Waals surface area contributed by atoms with Crippen LogP contribution in [0, 0.1) is 0 Å². The molecule has 1 atom stereocenters. The van der Waals surface area contributed by atoms with Crippen molar-refractivity contribution in [3.05, 3.63) is 0 Å². The van der Waals surface area contributed by atoms with Crippen molar-refractivity contribution in [2.24, 2.45) is 0 Å². The second kappa shape index (κ2) is 10.4. The van der Waals surface area contributed by atoms with Gasteiger partial charge in [-0.15, -0.1) is 0 Å². The van der Waals surface area contributed by atoms with Gasteiger partial charge in [0.25, 0.3) is 0 Å². The summed E-state index contributed by atoms with van der Waals surface area (Å²) in [5.74, 6) is 0.366. The Morgan fingerprint density at radius 2 is 1.39 bits per heavy atom. The highest BCUT2D eigenvalue weighted by Crippen LogP contribution is 2.20. The maximum absolute atomic E-state index is 12.4. The lowest BCUT2D eigenvalue weighted by Crippen LogP contribution is -2.46. The van der Waals surface area contributed by atoms with E-state index in [1.807, 2.05) is 0 Å². The molecule has 2 nitrogen and oxygen atoms in total. The smallest absolute Gasteiger partial charge is 0.223 e. The van der Waals surface area contributed by atoms with Crippen LogP contribution in [0.2, 0.25) is 0 Å². The average Bonchev–Trinajstić information content (AvgIpc) is 2.30. The van der Waals surface area contributed by atoms with E-state index in [9.17, 15) is 4.79 Å². The fourth-order valence-electron chi connectivity index (χ4n) is 2.80. The van der Waals surface area contributed by atoms with E-state index in [2.05, 4.69) is 39.5 Å². The Balaban J connectivity index is 4.82. The minimum Gasteiger partial charge on any atom is -0.337 e. The van der Waals surface area contributed by atoms with Crippen molar-refractivity contribution in [3.63, 3.8) is 0 Å². The summed E-state index contributed by atoms with van der Waals surface area (Å²) in [6, 6.07) is 0.859. The summed E-state index contributed by atoms with van der Waals surface area (Å²) in [6.07, 6.45) is 8.58. The molecule has 1 amide bonds. The number of amides is 1. The van der Waals surface area contributed by atoms with Crippen LogP contribution in [0.5, 0.6) is 0 Å². The Kier molecular flexibility index (Phi) is 10.1. The number of hydrogen-bond acceptors (Lipinski definition) is 1. The van der Waals surface area contributed by atoms with E-state index in [0.29, 0.717) is 24.4 Å². The Morgan fingerprint density at radius 3 is 1.78 bits per heavy atom. The third-order valence-corrected chi connectivity index (χ3v) is 3.57. The predicted molar refractivity (Wildman–Crippen MR) is 79.7 cm³/mol. The Bertz CT molecular complexity index is 209. The molecule has 0 aliphatic carbocycles. The van der Waals surface area contributed by atoms with Crippen molar-refractivity contribution in [2.75, 3.05) is 0 Å². The van der Waals surface area contributed by atoms with E-state index in [4.69, 9.17) is 0 Å². The minimum absolute atomic E-state index is 0.366. The average molecular weight is 255 g/mol. The van der Waals surface area contributed by atoms with Gasteiger partial charge in [-0.2, -0.15) is 0 Å². The molecule has 0 aliphatic rings. The molecule has 0 aromatic rings. The highest BCUT2D eigenvalue weighted by atomic mass is 16.2. The number of rotatable bonds is 10. The van der Waals surface area contributed by atoms with Gasteiger partial charge in [0.1, 0.15) is 0 Å². The van der Waals surface area contributed by atoms with Crippen molar-refractivity contribution in [3.8, 4) is 0 Å². The minimum atomic E-state index is 0.366. The summed E-state index contributed by atoms with van der Waals surface area (Å²) in [5, 5.41) is 0. The van der Waals surface area contributed by atoms with Gasteiger partial charge in [0.2, 0.25) is 5.91 Å². The van der Waals surface area contributed by atoms with E-state index < -0.39 is 0 Å². The summed E-state index contributed by atoms with van der Waals surface area (Å²) in [6.45, 7) is 10.9. The van der Waals surface area contributed by atoms with Gasteiger partial charge in [-0.3, -0.25) is 4.79 Å². The first-order valence-corrected chi connectivity index (χ1v) is 7.93. The van der Waals surface area contributed by atoms with Gasteiger partial charge in [0, 0.05) is 18.5 Å². The topological polar surface area (TPSA) is 20.3 Å². The summed E-state index contributed by atoms with van der Waals surface area (Å²) in [7, 11) is 0. The molecule has 108 valence electrons. The maximum Gasteiger partial charge on any atom is 0.223 e. The lowest BCUT2D eigenvalue weighted by atomic mass is 10.0. The molecule has 0 saturated heterocycles. The van der Waals surface area contributed by atoms with E-state index >= 15 is 0 Å². The lowest BCUT2D eigenvalue weighted by molar-refractivity contribution is -0.136. The highest BCUT2D eigenvalue weighted by Gasteiger charge is 2.25. The van der Waals surface area contributed by atoms with Crippen LogP contribution < -0.4 is 0 Å². The molecule has 0 aromatic carbocycles. The zero-order valence-electron chi connectivity index (χ0n) is 13.2. The molecule has 1 unspecified atom stereocenters. The summed E-state index contributed by atoms with van der Waals surface area (Å²) >= 11 is 0. The van der Waals surface area contributed by atoms with E-state index in [1.165, 1.54) is 12.8 Å². The first-order chi connectivity index (χ1) is 8.62. The van der Waals surface area contributed by atoms with E-state index in [0.717, 1.165) is 32.1 Å². The Morgan fingerprint density at radius 1 is 0.889 bits per heavy atom. The Hall–Kier alpha value is -0.530. The zero-order chi connectivity index (χ0) is 14.0. The van der Waals surface area contributed by atoms with Crippen LogP contribution in [0.3, 0.4) is 0 Å². The second-order valence-corrected chi connectivity index (χ2v) is 5.42. The van der Waals surface area contributed by atoms with Crippen LogP contribution in [-0.2, 0) is 4.79 Å². The summed E-state index contributed by atoms with van der Waals surface area (Å²) < 4.78 is 0. The molecule has 0 bridgehead atoms. The van der Waals surface area contributed by atoms with E-state index in [-0.39, 0.29) is 0 Å². The van der Waals surface area contributed by atoms with Crippen LogP contribution in [0.4, 0.5) is 0 Å². The molecule has 0 aromatic heterocycles. The standard InChI is InChI=1S/C16H33NO/c1-6-10-14(5)17(16(18)13-9-4)15(11-7-2)12-8-3/h14-15H,6-13H2,1-5H3. The molecule has 0 spiro atoms. The van der Waals surface area contributed by atoms with Crippen molar-refractivity contribution >= 4 is 5.91 Å². The van der Waals surface area contributed by atoms with Crippen LogP contribution in [0.25, 0.3) is 0 Å². The molecule has 0 heterocycles. The molecule has 2 heteroatoms. The normalized spacial score (nSPS) is 12.8. The van der Waals surface area contributed by atoms with E-state index in [1.54, 1.807) is 0 Å². The number of nitrogens with zero attached hydrogens (tertiary/aromatic N) is 1. The first kappa shape index (κ1) is 17.5. The molecule has 0 N–H and O–H groups in total. The maximum atomic E-state index is 12.4. The zero-order valence-corrected chi connectivity index (χ0v) is 13.2. The molecular formula is C16H33NO. The molecule has 18 heavy (non-hydrogen) atoms. The van der Waals surface area contributed by atoms with Gasteiger partial charge in [0.15, 0.2) is 0 Å². The SMILES string of the molecule is CCCC(=O)N(C(C)CCC)C(CCC)CCC. The van der Waals surface area contributed by atoms with Crippen molar-refractivity contribution < 1.29 is 4.79 Å². The first-order valence-electron chi connectivity index (χ1n) is 7.93. The molecule has 0 radical (unpaired) electrons. The van der Waals surface area contributed by atoms with Gasteiger partial charge in [0.05, 0.1) is 0 Å². The third-order valence-electron chi connectivity index (χ3n) is 3.57. The van der Waals surface area contributed by atoms with Crippen molar-refractivity contribution in [2.45, 2.75) is 98.1 Å². The highest BCUT2D eigenvalue weighted by molar-refractivity contribution is 5.76. The monoisotopic (exact) mass is 255 g/mol. The van der Waals surface area contributed by atoms with Crippen LogP contribution in [0.1, 0.15) is 86.0 Å². The number of carbonyl (C=O) groups is 1. The third kappa shape index (κ3) is 5.88. The van der Waals surface area contributed by atoms with Crippen LogP contribution in [-0.4, -0.2) is 22.9 Å². The van der Waals surface area contributed by atoms with Crippen LogP contribution >= 0.6 is 0 Å². The molecule has 0 saturated carbocycles. The van der Waals surface area contributed by atoms with Gasteiger partial charge in [-0.05, 0) is 32.6 Å². The fraction of sp³-hybridized carbons (Fsp3) is 0.938. The van der Waals surface area contributed by atoms with Gasteiger partial charge in [-0.1, -0.05) is 47.0 Å². The quantitative estimate of drug-likeness (QED) is 0.550. The van der Waals surface area contributed by atoms with Gasteiger partial charge >= 0.3 is 0 Å². The molecule has 0 fully saturated rings. The number of carbonyl (C=O) groups excluding carboxylic acids is 1. The lowest BCUT2D eigenvalue weighted by Gasteiger charge is -2.37. The molecule has 0 rings (SSSR count). The largest absolute Gasteiger partial charge is 0.337 e. The van der Waals surface area contributed by atoms with Gasteiger partial charge in [-0.25, -0.2) is 0 Å². The molecular weight excluding hydrogens is 222 g/mol. The Labute approximate surface area is 114 Å².